The highest BCUT2D eigenvalue weighted by Gasteiger charge is 2.23. The predicted molar refractivity (Wildman–Crippen MR) is 63.1 cm³/mol. The number of hydrogen-bond acceptors (Lipinski definition) is 0. The smallest absolute Gasteiger partial charge is 0.00220 e. The molecule has 0 fully saturated rings. The molecule has 0 aliphatic rings. The molecule has 0 saturated heterocycles. The zero-order valence-corrected chi connectivity index (χ0v) is 8.58. The van der Waals surface area contributed by atoms with Crippen molar-refractivity contribution in [1.82, 2.24) is 0 Å². The second-order valence-electron chi connectivity index (χ2n) is 3.63. The minimum absolute atomic E-state index is 0.0925. The third kappa shape index (κ3) is 2.35. The van der Waals surface area contributed by atoms with Crippen LogP contribution in [-0.2, 0) is 5.41 Å². The largest absolute Gasteiger partial charge is 0.103 e. The number of rotatable bonds is 5. The van der Waals surface area contributed by atoms with Gasteiger partial charge in [-0.2, -0.15) is 0 Å². The van der Waals surface area contributed by atoms with Crippen molar-refractivity contribution in [3.63, 3.8) is 0 Å². The van der Waals surface area contributed by atoms with Crippen molar-refractivity contribution in [3.8, 4) is 0 Å². The Bertz CT molecular complexity index is 285. The van der Waals surface area contributed by atoms with Gasteiger partial charge in [-0.1, -0.05) is 42.5 Å². The van der Waals surface area contributed by atoms with Crippen LogP contribution >= 0.6 is 0 Å². The summed E-state index contributed by atoms with van der Waals surface area (Å²) in [5.74, 6) is 0. The van der Waals surface area contributed by atoms with Crippen LogP contribution in [0.2, 0.25) is 0 Å². The maximum absolute atomic E-state index is 4.28. The maximum atomic E-state index is 4.28. The van der Waals surface area contributed by atoms with Crippen molar-refractivity contribution in [1.29, 1.82) is 0 Å². The van der Waals surface area contributed by atoms with Gasteiger partial charge < -0.3 is 0 Å². The zero-order chi connectivity index (χ0) is 10.4. The molecule has 1 rings (SSSR count). The van der Waals surface area contributed by atoms with Gasteiger partial charge in [-0.05, 0) is 25.3 Å². The standard InChI is InChI=1S/C14H17/c1-4-11-14(3,12-5-2)13-9-7-6-8-10-13/h4-10H,1-3,11-12H2. The maximum Gasteiger partial charge on any atom is 0.00220 e. The second kappa shape index (κ2) is 4.80. The summed E-state index contributed by atoms with van der Waals surface area (Å²) in [5, 5.41) is 0. The normalized spacial score (nSPS) is 10.9. The van der Waals surface area contributed by atoms with Crippen molar-refractivity contribution in [2.24, 2.45) is 0 Å². The number of allylic oxidation sites excluding steroid dienone is 2. The summed E-state index contributed by atoms with van der Waals surface area (Å²) in [6, 6.07) is 10.3. The van der Waals surface area contributed by atoms with Crippen molar-refractivity contribution in [2.45, 2.75) is 18.3 Å². The molecule has 1 aromatic carbocycles. The monoisotopic (exact) mass is 185 g/mol. The van der Waals surface area contributed by atoms with E-state index in [4.69, 9.17) is 0 Å². The first-order valence-electron chi connectivity index (χ1n) is 4.85. The summed E-state index contributed by atoms with van der Waals surface area (Å²) in [4.78, 5) is 0. The number of hydrogen-bond donors (Lipinski definition) is 0. The molecule has 14 heavy (non-hydrogen) atoms. The van der Waals surface area contributed by atoms with E-state index >= 15 is 0 Å². The average Bonchev–Trinajstić information content (AvgIpc) is 2.20. The van der Waals surface area contributed by atoms with E-state index in [2.05, 4.69) is 32.2 Å². The lowest BCUT2D eigenvalue weighted by atomic mass is 9.77. The Morgan fingerprint density at radius 3 is 1.93 bits per heavy atom. The van der Waals surface area contributed by atoms with E-state index in [0.29, 0.717) is 0 Å². The van der Waals surface area contributed by atoms with Crippen LogP contribution in [-0.4, -0.2) is 0 Å². The molecule has 0 amide bonds. The van der Waals surface area contributed by atoms with E-state index in [0.717, 1.165) is 12.8 Å². The summed E-state index contributed by atoms with van der Waals surface area (Å²) in [6.45, 7) is 11.8. The molecular formula is C14H17. The summed E-state index contributed by atoms with van der Waals surface area (Å²) in [7, 11) is 0. The third-order valence-electron chi connectivity index (χ3n) is 2.46. The fourth-order valence-electron chi connectivity index (χ4n) is 1.66. The van der Waals surface area contributed by atoms with E-state index < -0.39 is 0 Å². The molecule has 0 aliphatic carbocycles. The van der Waals surface area contributed by atoms with E-state index in [9.17, 15) is 0 Å². The predicted octanol–water partition coefficient (Wildman–Crippen LogP) is 3.91. The minimum atomic E-state index is -0.0925. The summed E-state index contributed by atoms with van der Waals surface area (Å²) in [6.07, 6.45) is 5.60. The van der Waals surface area contributed by atoms with Gasteiger partial charge in [0, 0.05) is 5.41 Å². The molecular weight excluding hydrogens is 168 g/mol. The highest BCUT2D eigenvalue weighted by Crippen LogP contribution is 2.31. The molecule has 0 saturated carbocycles. The number of benzene rings is 1. The Labute approximate surface area is 87.0 Å². The fourth-order valence-corrected chi connectivity index (χ4v) is 1.66. The van der Waals surface area contributed by atoms with Crippen molar-refractivity contribution < 1.29 is 0 Å². The quantitative estimate of drug-likeness (QED) is 0.610. The summed E-state index contributed by atoms with van der Waals surface area (Å²) in [5.41, 5.74) is 1.16. The Kier molecular flexibility index (Phi) is 3.70. The van der Waals surface area contributed by atoms with Gasteiger partial charge in [-0.15, -0.1) is 13.2 Å². The molecule has 0 atom stereocenters. The van der Waals surface area contributed by atoms with Crippen LogP contribution in [0.1, 0.15) is 18.4 Å². The van der Waals surface area contributed by atoms with Gasteiger partial charge in [0.05, 0.1) is 0 Å². The molecule has 1 aromatic rings. The van der Waals surface area contributed by atoms with Gasteiger partial charge in [0.15, 0.2) is 0 Å². The molecule has 0 aliphatic heterocycles. The van der Waals surface area contributed by atoms with Crippen LogP contribution in [0.4, 0.5) is 0 Å². The second-order valence-corrected chi connectivity index (χ2v) is 3.63. The lowest BCUT2D eigenvalue weighted by Crippen LogP contribution is -2.20. The van der Waals surface area contributed by atoms with Gasteiger partial charge in [0.1, 0.15) is 0 Å². The SMILES string of the molecule is [CH2]C(CC=C)(CC=C)c1ccccc1. The van der Waals surface area contributed by atoms with Crippen LogP contribution in [0.15, 0.2) is 55.6 Å². The molecule has 0 aromatic heterocycles. The first kappa shape index (κ1) is 10.8. The van der Waals surface area contributed by atoms with Crippen LogP contribution < -0.4 is 0 Å². The molecule has 73 valence electrons. The molecule has 0 nitrogen and oxygen atoms in total. The van der Waals surface area contributed by atoms with Crippen molar-refractivity contribution >= 4 is 0 Å². The molecule has 1 radical (unpaired) electrons. The highest BCUT2D eigenvalue weighted by atomic mass is 14.3. The van der Waals surface area contributed by atoms with Crippen molar-refractivity contribution in [3.05, 3.63) is 68.1 Å². The van der Waals surface area contributed by atoms with E-state index in [1.165, 1.54) is 5.56 Å². The zero-order valence-electron chi connectivity index (χ0n) is 8.58. The van der Waals surface area contributed by atoms with Gasteiger partial charge in [-0.25, -0.2) is 0 Å². The minimum Gasteiger partial charge on any atom is -0.103 e. The Morgan fingerprint density at radius 1 is 1.00 bits per heavy atom. The van der Waals surface area contributed by atoms with Crippen LogP contribution in [0, 0.1) is 6.92 Å². The Hall–Kier alpha value is -1.30. The Morgan fingerprint density at radius 2 is 1.50 bits per heavy atom. The molecule has 0 heterocycles. The van der Waals surface area contributed by atoms with E-state index in [-0.39, 0.29) is 5.41 Å². The average molecular weight is 185 g/mol. The van der Waals surface area contributed by atoms with Crippen molar-refractivity contribution in [2.75, 3.05) is 0 Å². The molecule has 0 spiro atoms. The highest BCUT2D eigenvalue weighted by molar-refractivity contribution is 5.28. The van der Waals surface area contributed by atoms with E-state index in [1.54, 1.807) is 0 Å². The van der Waals surface area contributed by atoms with Gasteiger partial charge >= 0.3 is 0 Å². The van der Waals surface area contributed by atoms with Crippen LogP contribution in [0.3, 0.4) is 0 Å². The summed E-state index contributed by atoms with van der Waals surface area (Å²) >= 11 is 0. The van der Waals surface area contributed by atoms with E-state index in [1.807, 2.05) is 30.4 Å². The Balaban J connectivity index is 2.98. The first-order chi connectivity index (χ1) is 6.73. The van der Waals surface area contributed by atoms with Crippen LogP contribution in [0.25, 0.3) is 0 Å². The topological polar surface area (TPSA) is 0 Å². The first-order valence-corrected chi connectivity index (χ1v) is 4.85. The van der Waals surface area contributed by atoms with Crippen LogP contribution in [0.5, 0.6) is 0 Å². The molecule has 0 bridgehead atoms. The lowest BCUT2D eigenvalue weighted by Gasteiger charge is -2.27. The lowest BCUT2D eigenvalue weighted by molar-refractivity contribution is 0.546. The third-order valence-corrected chi connectivity index (χ3v) is 2.46. The van der Waals surface area contributed by atoms with Gasteiger partial charge in [-0.3, -0.25) is 0 Å². The van der Waals surface area contributed by atoms with Gasteiger partial charge in [0.25, 0.3) is 0 Å². The molecule has 0 N–H and O–H groups in total. The van der Waals surface area contributed by atoms with Gasteiger partial charge in [0.2, 0.25) is 0 Å². The fraction of sp³-hybridized carbons (Fsp3) is 0.214. The summed E-state index contributed by atoms with van der Waals surface area (Å²) < 4.78 is 0. The molecule has 0 unspecified atom stereocenters. The molecule has 0 heteroatoms.